The molecule has 0 aliphatic carbocycles. The Hall–Kier alpha value is -4.39. The van der Waals surface area contributed by atoms with E-state index in [1.165, 1.54) is 23.2 Å². The van der Waals surface area contributed by atoms with Crippen molar-refractivity contribution < 1.29 is 27.1 Å². The van der Waals surface area contributed by atoms with Crippen LogP contribution in [0.15, 0.2) is 53.5 Å². The average Bonchev–Trinajstić information content (AvgIpc) is 3.32. The van der Waals surface area contributed by atoms with Crippen LogP contribution in [0.2, 0.25) is 0 Å². The zero-order valence-electron chi connectivity index (χ0n) is 19.7. The van der Waals surface area contributed by atoms with E-state index in [1.807, 2.05) is 0 Å². The molecular formula is C25H20F4N6O3. The van der Waals surface area contributed by atoms with E-state index in [2.05, 4.69) is 30.2 Å². The summed E-state index contributed by atoms with van der Waals surface area (Å²) >= 11 is 0. The third-order valence-electron chi connectivity index (χ3n) is 6.00. The number of alkyl halides is 3. The standard InChI is InChI=1S/C25H20F4N6O3/c26-19-6-5-14(10-20-16-3-1-2-4-17(16)22(36)34-33-20)9-18(19)23(37)35-12-15-11-31-24(32-21(15)13-35)30-7-8-38-25(27,28)29/h1-6,9,11H,7-8,10,12-13H2,(H,34,36)(H,30,31,32). The molecule has 1 aliphatic heterocycles. The maximum atomic E-state index is 14.7. The predicted octanol–water partition coefficient (Wildman–Crippen LogP) is 3.55. The summed E-state index contributed by atoms with van der Waals surface area (Å²) in [5, 5.41) is 10.4. The third kappa shape index (κ3) is 5.47. The van der Waals surface area contributed by atoms with E-state index in [0.717, 1.165) is 0 Å². The zero-order valence-corrected chi connectivity index (χ0v) is 19.7. The number of amides is 1. The summed E-state index contributed by atoms with van der Waals surface area (Å²) in [4.78, 5) is 35.0. The summed E-state index contributed by atoms with van der Waals surface area (Å²) in [7, 11) is 0. The fraction of sp³-hybridized carbons (Fsp3) is 0.240. The van der Waals surface area contributed by atoms with Gasteiger partial charge in [0.05, 0.1) is 35.5 Å². The molecule has 38 heavy (non-hydrogen) atoms. The summed E-state index contributed by atoms with van der Waals surface area (Å²) in [5.41, 5.74) is 1.92. The van der Waals surface area contributed by atoms with Gasteiger partial charge in [0, 0.05) is 36.7 Å². The van der Waals surface area contributed by atoms with Crippen molar-refractivity contribution in [3.8, 4) is 0 Å². The molecule has 4 aromatic rings. The molecule has 2 N–H and O–H groups in total. The van der Waals surface area contributed by atoms with Crippen LogP contribution in [0.4, 0.5) is 23.5 Å². The van der Waals surface area contributed by atoms with Gasteiger partial charge in [-0.2, -0.15) is 5.10 Å². The monoisotopic (exact) mass is 528 g/mol. The second-order valence-electron chi connectivity index (χ2n) is 8.58. The second-order valence-corrected chi connectivity index (χ2v) is 8.58. The topological polar surface area (TPSA) is 113 Å². The molecule has 0 saturated carbocycles. The lowest BCUT2D eigenvalue weighted by molar-refractivity contribution is -0.322. The number of aromatic amines is 1. The van der Waals surface area contributed by atoms with E-state index < -0.39 is 24.7 Å². The largest absolute Gasteiger partial charge is 0.522 e. The van der Waals surface area contributed by atoms with E-state index in [1.54, 1.807) is 30.3 Å². The SMILES string of the molecule is O=C(c1cc(Cc2n[nH]c(=O)c3ccccc23)ccc1F)N1Cc2cnc(NCCOC(F)(F)F)nc2C1. The zero-order chi connectivity index (χ0) is 26.9. The molecule has 0 unspecified atom stereocenters. The Kier molecular flexibility index (Phi) is 6.76. The minimum atomic E-state index is -4.72. The molecule has 0 atom stereocenters. The summed E-state index contributed by atoms with van der Waals surface area (Å²) in [6.07, 6.45) is -2.99. The maximum absolute atomic E-state index is 14.7. The number of hydrogen-bond acceptors (Lipinski definition) is 7. The Morgan fingerprint density at radius 3 is 2.71 bits per heavy atom. The Bertz CT molecular complexity index is 1570. The molecule has 196 valence electrons. The number of nitrogens with zero attached hydrogens (tertiary/aromatic N) is 4. The van der Waals surface area contributed by atoms with Crippen molar-refractivity contribution in [3.05, 3.63) is 92.9 Å². The van der Waals surface area contributed by atoms with Gasteiger partial charge in [0.2, 0.25) is 5.95 Å². The van der Waals surface area contributed by atoms with Crippen LogP contribution in [0.1, 0.15) is 32.9 Å². The van der Waals surface area contributed by atoms with Crippen LogP contribution in [-0.2, 0) is 24.2 Å². The van der Waals surface area contributed by atoms with Crippen molar-refractivity contribution in [3.63, 3.8) is 0 Å². The Morgan fingerprint density at radius 1 is 1.13 bits per heavy atom. The van der Waals surface area contributed by atoms with Gasteiger partial charge in [-0.3, -0.25) is 14.3 Å². The van der Waals surface area contributed by atoms with E-state index in [9.17, 15) is 27.2 Å². The number of rotatable bonds is 7. The van der Waals surface area contributed by atoms with Crippen LogP contribution in [-0.4, -0.2) is 50.5 Å². The molecule has 1 amide bonds. The smallest absolute Gasteiger partial charge is 0.352 e. The average molecular weight is 528 g/mol. The molecule has 0 spiro atoms. The van der Waals surface area contributed by atoms with Gasteiger partial charge in [-0.05, 0) is 23.8 Å². The fourth-order valence-corrected chi connectivity index (χ4v) is 4.23. The number of fused-ring (bicyclic) bond motifs is 2. The molecule has 0 radical (unpaired) electrons. The number of benzene rings is 2. The number of halogens is 4. The Morgan fingerprint density at radius 2 is 1.92 bits per heavy atom. The molecule has 1 aliphatic rings. The van der Waals surface area contributed by atoms with Gasteiger partial charge in [-0.15, -0.1) is 13.2 Å². The molecule has 2 aromatic heterocycles. The van der Waals surface area contributed by atoms with Gasteiger partial charge < -0.3 is 10.2 Å². The number of hydrogen-bond donors (Lipinski definition) is 2. The number of carbonyl (C=O) groups excluding carboxylic acids is 1. The number of anilines is 1. The van der Waals surface area contributed by atoms with Gasteiger partial charge >= 0.3 is 6.36 Å². The van der Waals surface area contributed by atoms with E-state index in [-0.39, 0.29) is 43.1 Å². The molecule has 3 heterocycles. The summed E-state index contributed by atoms with van der Waals surface area (Å²) in [6, 6.07) is 11.2. The van der Waals surface area contributed by atoms with Crippen LogP contribution in [0.3, 0.4) is 0 Å². The number of carbonyl (C=O) groups is 1. The number of H-pyrrole nitrogens is 1. The number of nitrogens with one attached hydrogen (secondary N) is 2. The minimum Gasteiger partial charge on any atom is -0.352 e. The van der Waals surface area contributed by atoms with Gasteiger partial charge in [-0.25, -0.2) is 19.5 Å². The predicted molar refractivity (Wildman–Crippen MR) is 128 cm³/mol. The van der Waals surface area contributed by atoms with Crippen molar-refractivity contribution in [1.29, 1.82) is 0 Å². The maximum Gasteiger partial charge on any atom is 0.522 e. The highest BCUT2D eigenvalue weighted by molar-refractivity contribution is 5.95. The van der Waals surface area contributed by atoms with E-state index >= 15 is 0 Å². The van der Waals surface area contributed by atoms with Gasteiger partial charge in [0.1, 0.15) is 5.82 Å². The summed E-state index contributed by atoms with van der Waals surface area (Å²) in [6.45, 7) is -0.547. The lowest BCUT2D eigenvalue weighted by Crippen LogP contribution is -2.26. The van der Waals surface area contributed by atoms with Gasteiger partial charge in [0.15, 0.2) is 0 Å². The molecule has 0 fully saturated rings. The summed E-state index contributed by atoms with van der Waals surface area (Å²) < 4.78 is 54.7. The molecule has 5 rings (SSSR count). The number of ether oxygens (including phenoxy) is 1. The van der Waals surface area contributed by atoms with Crippen LogP contribution in [0, 0.1) is 5.82 Å². The quantitative estimate of drug-likeness (QED) is 0.279. The van der Waals surface area contributed by atoms with E-state index in [0.29, 0.717) is 33.3 Å². The lowest BCUT2D eigenvalue weighted by Gasteiger charge is -2.16. The second kappa shape index (κ2) is 10.2. The fourth-order valence-electron chi connectivity index (χ4n) is 4.23. The van der Waals surface area contributed by atoms with Crippen LogP contribution in [0.25, 0.3) is 10.8 Å². The first-order chi connectivity index (χ1) is 18.2. The van der Waals surface area contributed by atoms with Crippen molar-refractivity contribution >= 4 is 22.6 Å². The van der Waals surface area contributed by atoms with Gasteiger partial charge in [-0.1, -0.05) is 24.3 Å². The molecular weight excluding hydrogens is 508 g/mol. The van der Waals surface area contributed by atoms with E-state index in [4.69, 9.17) is 0 Å². The van der Waals surface area contributed by atoms with Crippen molar-refractivity contribution in [2.24, 2.45) is 0 Å². The van der Waals surface area contributed by atoms with Crippen LogP contribution >= 0.6 is 0 Å². The van der Waals surface area contributed by atoms with Crippen molar-refractivity contribution in [2.75, 3.05) is 18.5 Å². The molecule has 13 heteroatoms. The highest BCUT2D eigenvalue weighted by Crippen LogP contribution is 2.25. The highest BCUT2D eigenvalue weighted by Gasteiger charge is 2.29. The Labute approximate surface area is 212 Å². The Balaban J connectivity index is 1.29. The minimum absolute atomic E-state index is 0.0835. The molecule has 9 nitrogen and oxygen atoms in total. The van der Waals surface area contributed by atoms with Gasteiger partial charge in [0.25, 0.3) is 11.5 Å². The first kappa shape index (κ1) is 25.3. The van der Waals surface area contributed by atoms with Crippen molar-refractivity contribution in [1.82, 2.24) is 25.1 Å². The lowest BCUT2D eigenvalue weighted by atomic mass is 10.0. The molecule has 0 bridgehead atoms. The van der Waals surface area contributed by atoms with Crippen molar-refractivity contribution in [2.45, 2.75) is 25.9 Å². The normalized spacial score (nSPS) is 13.1. The van der Waals surface area contributed by atoms with Crippen LogP contribution < -0.4 is 10.9 Å². The molecule has 0 saturated heterocycles. The third-order valence-corrected chi connectivity index (χ3v) is 6.00. The first-order valence-corrected chi connectivity index (χ1v) is 11.5. The highest BCUT2D eigenvalue weighted by atomic mass is 19.4. The first-order valence-electron chi connectivity index (χ1n) is 11.5. The summed E-state index contributed by atoms with van der Waals surface area (Å²) in [5.74, 6) is -1.14. The number of aromatic nitrogens is 4. The van der Waals surface area contributed by atoms with Crippen LogP contribution in [0.5, 0.6) is 0 Å². The molecule has 2 aromatic carbocycles.